The second-order valence-corrected chi connectivity index (χ2v) is 2.23. The number of carboxylic acids is 1. The SMILES string of the molecule is O=C(O)CNc1ccccc1F.[NaH]. The summed E-state index contributed by atoms with van der Waals surface area (Å²) in [6.45, 7) is -0.277. The Bertz CT molecular complexity index is 293. The van der Waals surface area contributed by atoms with E-state index in [4.69, 9.17) is 5.11 Å². The molecule has 0 saturated carbocycles. The number of para-hydroxylation sites is 1. The van der Waals surface area contributed by atoms with Crippen molar-refractivity contribution in [2.75, 3.05) is 11.9 Å². The van der Waals surface area contributed by atoms with Crippen LogP contribution in [0.3, 0.4) is 0 Å². The fourth-order valence-electron chi connectivity index (χ4n) is 0.775. The Labute approximate surface area is 97.2 Å². The Morgan fingerprint density at radius 1 is 1.46 bits per heavy atom. The number of aliphatic carboxylic acids is 1. The van der Waals surface area contributed by atoms with E-state index >= 15 is 0 Å². The number of hydrogen-bond donors (Lipinski definition) is 2. The topological polar surface area (TPSA) is 49.3 Å². The molecule has 0 atom stereocenters. The Morgan fingerprint density at radius 2 is 2.08 bits per heavy atom. The monoisotopic (exact) mass is 193 g/mol. The van der Waals surface area contributed by atoms with Crippen LogP contribution in [0.2, 0.25) is 0 Å². The van der Waals surface area contributed by atoms with Gasteiger partial charge in [-0.15, -0.1) is 0 Å². The van der Waals surface area contributed by atoms with Crippen molar-refractivity contribution in [2.45, 2.75) is 0 Å². The Morgan fingerprint density at radius 3 is 2.62 bits per heavy atom. The summed E-state index contributed by atoms with van der Waals surface area (Å²) in [6.07, 6.45) is 0. The Hall–Kier alpha value is -0.580. The molecule has 66 valence electrons. The normalized spacial score (nSPS) is 8.69. The van der Waals surface area contributed by atoms with E-state index in [2.05, 4.69) is 5.32 Å². The van der Waals surface area contributed by atoms with E-state index in [1.54, 1.807) is 12.1 Å². The third kappa shape index (κ3) is 4.26. The third-order valence-corrected chi connectivity index (χ3v) is 1.30. The van der Waals surface area contributed by atoms with Crippen LogP contribution in [-0.2, 0) is 4.79 Å². The number of halogens is 1. The molecule has 0 aliphatic heterocycles. The zero-order valence-corrected chi connectivity index (χ0v) is 6.25. The summed E-state index contributed by atoms with van der Waals surface area (Å²) < 4.78 is 12.8. The predicted molar refractivity (Wildman–Crippen MR) is 49.7 cm³/mol. The standard InChI is InChI=1S/C8H8FNO2.Na.H/c9-6-3-1-2-4-7(6)10-5-8(11)12;;/h1-4,10H,5H2,(H,11,12);;. The van der Waals surface area contributed by atoms with Gasteiger partial charge in [0.1, 0.15) is 12.4 Å². The van der Waals surface area contributed by atoms with Gasteiger partial charge in [0, 0.05) is 0 Å². The van der Waals surface area contributed by atoms with Gasteiger partial charge in [0.25, 0.3) is 0 Å². The molecule has 0 heterocycles. The third-order valence-electron chi connectivity index (χ3n) is 1.30. The van der Waals surface area contributed by atoms with Crippen LogP contribution >= 0.6 is 0 Å². The molecule has 0 aliphatic rings. The van der Waals surface area contributed by atoms with Crippen LogP contribution in [0.5, 0.6) is 0 Å². The number of carboxylic acid groups (broad SMARTS) is 1. The maximum absolute atomic E-state index is 12.8. The van der Waals surface area contributed by atoms with Crippen LogP contribution in [-0.4, -0.2) is 47.2 Å². The molecule has 1 aromatic carbocycles. The van der Waals surface area contributed by atoms with Gasteiger partial charge < -0.3 is 10.4 Å². The summed E-state index contributed by atoms with van der Waals surface area (Å²) in [4.78, 5) is 10.1. The number of rotatable bonds is 3. The van der Waals surface area contributed by atoms with Gasteiger partial charge in [-0.2, -0.15) is 0 Å². The minimum absolute atomic E-state index is 0. The van der Waals surface area contributed by atoms with Crippen molar-refractivity contribution < 1.29 is 14.3 Å². The van der Waals surface area contributed by atoms with E-state index in [1.807, 2.05) is 0 Å². The number of anilines is 1. The van der Waals surface area contributed by atoms with E-state index in [0.29, 0.717) is 0 Å². The van der Waals surface area contributed by atoms with Gasteiger partial charge in [-0.3, -0.25) is 4.79 Å². The maximum atomic E-state index is 12.8. The molecule has 1 aromatic rings. The zero-order valence-electron chi connectivity index (χ0n) is 6.25. The van der Waals surface area contributed by atoms with E-state index in [1.165, 1.54) is 12.1 Å². The van der Waals surface area contributed by atoms with E-state index < -0.39 is 11.8 Å². The molecule has 0 amide bonds. The molecule has 0 aromatic heterocycles. The van der Waals surface area contributed by atoms with Crippen molar-refractivity contribution >= 4 is 41.2 Å². The van der Waals surface area contributed by atoms with Crippen LogP contribution in [0.15, 0.2) is 24.3 Å². The molecule has 0 radical (unpaired) electrons. The van der Waals surface area contributed by atoms with Crippen LogP contribution in [0.4, 0.5) is 10.1 Å². The average Bonchev–Trinajstić information content (AvgIpc) is 2.03. The number of nitrogens with one attached hydrogen (secondary N) is 1. The zero-order chi connectivity index (χ0) is 8.97. The molecular weight excluding hydrogens is 184 g/mol. The number of hydrogen-bond acceptors (Lipinski definition) is 2. The molecule has 3 nitrogen and oxygen atoms in total. The average molecular weight is 193 g/mol. The molecular formula is C8H9FNNaO2. The second-order valence-electron chi connectivity index (χ2n) is 2.23. The van der Waals surface area contributed by atoms with E-state index in [-0.39, 0.29) is 41.8 Å². The predicted octanol–water partition coefficient (Wildman–Crippen LogP) is 0.674. The first-order chi connectivity index (χ1) is 5.70. The van der Waals surface area contributed by atoms with Crippen molar-refractivity contribution in [1.82, 2.24) is 0 Å². The van der Waals surface area contributed by atoms with Crippen molar-refractivity contribution in [1.29, 1.82) is 0 Å². The summed E-state index contributed by atoms with van der Waals surface area (Å²) in [5.41, 5.74) is 0.208. The van der Waals surface area contributed by atoms with Gasteiger partial charge >= 0.3 is 35.5 Å². The molecule has 0 saturated heterocycles. The fraction of sp³-hybridized carbons (Fsp3) is 0.125. The molecule has 2 N–H and O–H groups in total. The van der Waals surface area contributed by atoms with Crippen LogP contribution in [0.25, 0.3) is 0 Å². The van der Waals surface area contributed by atoms with Crippen molar-refractivity contribution in [3.05, 3.63) is 30.1 Å². The van der Waals surface area contributed by atoms with Crippen LogP contribution < -0.4 is 5.32 Å². The Balaban J connectivity index is 0.00000144. The minimum atomic E-state index is -1.02. The first-order valence-corrected chi connectivity index (χ1v) is 3.40. The summed E-state index contributed by atoms with van der Waals surface area (Å²) in [6, 6.07) is 5.93. The van der Waals surface area contributed by atoms with E-state index in [0.717, 1.165) is 0 Å². The summed E-state index contributed by atoms with van der Waals surface area (Å²) in [5, 5.41) is 10.7. The molecule has 0 unspecified atom stereocenters. The summed E-state index contributed by atoms with van der Waals surface area (Å²) >= 11 is 0. The molecule has 0 fully saturated rings. The van der Waals surface area contributed by atoms with Gasteiger partial charge in [0.2, 0.25) is 0 Å². The molecule has 5 heteroatoms. The van der Waals surface area contributed by atoms with Crippen molar-refractivity contribution in [3.8, 4) is 0 Å². The quantitative estimate of drug-likeness (QED) is 0.694. The molecule has 0 spiro atoms. The van der Waals surface area contributed by atoms with Crippen LogP contribution in [0, 0.1) is 5.82 Å². The first kappa shape index (κ1) is 12.4. The second kappa shape index (κ2) is 5.96. The van der Waals surface area contributed by atoms with Gasteiger partial charge in [-0.05, 0) is 12.1 Å². The van der Waals surface area contributed by atoms with Crippen LogP contribution in [0.1, 0.15) is 0 Å². The Kier molecular flexibility index (Phi) is 5.70. The first-order valence-electron chi connectivity index (χ1n) is 3.40. The molecule has 0 bridgehead atoms. The summed E-state index contributed by atoms with van der Waals surface area (Å²) in [7, 11) is 0. The fourth-order valence-corrected chi connectivity index (χ4v) is 0.775. The van der Waals surface area contributed by atoms with Gasteiger partial charge in [-0.25, -0.2) is 4.39 Å². The molecule has 13 heavy (non-hydrogen) atoms. The number of benzene rings is 1. The summed E-state index contributed by atoms with van der Waals surface area (Å²) in [5.74, 6) is -1.46. The van der Waals surface area contributed by atoms with Crippen molar-refractivity contribution in [3.63, 3.8) is 0 Å². The van der Waals surface area contributed by atoms with Gasteiger partial charge in [-0.1, -0.05) is 12.1 Å². The van der Waals surface area contributed by atoms with E-state index in [9.17, 15) is 9.18 Å². The number of carbonyl (C=O) groups is 1. The van der Waals surface area contributed by atoms with Crippen molar-refractivity contribution in [2.24, 2.45) is 0 Å². The van der Waals surface area contributed by atoms with Gasteiger partial charge in [0.05, 0.1) is 5.69 Å². The van der Waals surface area contributed by atoms with Gasteiger partial charge in [0.15, 0.2) is 0 Å². The molecule has 1 rings (SSSR count). The molecule has 0 aliphatic carbocycles.